The largest absolute Gasteiger partial charge is 0.497 e. The van der Waals surface area contributed by atoms with E-state index in [-0.39, 0.29) is 24.8 Å². The van der Waals surface area contributed by atoms with Gasteiger partial charge in [0.05, 0.1) is 26.0 Å². The highest BCUT2D eigenvalue weighted by Crippen LogP contribution is 2.38. The number of methoxy groups -OCH3 is 2. The van der Waals surface area contributed by atoms with E-state index in [4.69, 9.17) is 14.6 Å². The average Bonchev–Trinajstić information content (AvgIpc) is 3.36. The zero-order valence-electron chi connectivity index (χ0n) is 15.8. The molecule has 28 heavy (non-hydrogen) atoms. The monoisotopic (exact) mass is 402 g/mol. The topological polar surface area (TPSA) is 88.4 Å². The molecule has 7 nitrogen and oxygen atoms in total. The summed E-state index contributed by atoms with van der Waals surface area (Å²) >= 11 is 1.57. The van der Waals surface area contributed by atoms with Crippen LogP contribution in [0.15, 0.2) is 40.8 Å². The first-order valence-electron chi connectivity index (χ1n) is 8.90. The molecule has 148 valence electrons. The Kier molecular flexibility index (Phi) is 6.30. The van der Waals surface area contributed by atoms with Crippen molar-refractivity contribution >= 4 is 28.9 Å². The Labute approximate surface area is 167 Å². The Balaban J connectivity index is 1.88. The fourth-order valence-corrected chi connectivity index (χ4v) is 3.96. The van der Waals surface area contributed by atoms with Gasteiger partial charge in [0.15, 0.2) is 0 Å². The molecule has 0 spiro atoms. The molecule has 0 saturated heterocycles. The first-order valence-corrected chi connectivity index (χ1v) is 9.78. The fraction of sp³-hybridized carbons (Fsp3) is 0.350. The SMILES string of the molecule is COc1ccc(C2=NN(C(=O)CCCC(=O)O)[C@@H](c3cccs3)C2)c(OC)c1. The number of carboxylic acids is 1. The van der Waals surface area contributed by atoms with Gasteiger partial charge in [-0.1, -0.05) is 6.07 Å². The second kappa shape index (κ2) is 8.88. The maximum absolute atomic E-state index is 12.7. The normalized spacial score (nSPS) is 16.0. The van der Waals surface area contributed by atoms with Crippen LogP contribution in [0.2, 0.25) is 0 Å². The molecule has 1 aliphatic rings. The molecule has 1 atom stereocenters. The predicted octanol–water partition coefficient (Wildman–Crippen LogP) is 3.70. The van der Waals surface area contributed by atoms with Gasteiger partial charge in [0.25, 0.3) is 0 Å². The van der Waals surface area contributed by atoms with E-state index in [0.717, 1.165) is 16.2 Å². The van der Waals surface area contributed by atoms with Crippen molar-refractivity contribution in [3.63, 3.8) is 0 Å². The fourth-order valence-electron chi connectivity index (χ4n) is 3.15. The summed E-state index contributed by atoms with van der Waals surface area (Å²) in [4.78, 5) is 24.5. The minimum Gasteiger partial charge on any atom is -0.497 e. The number of aliphatic carboxylic acids is 1. The summed E-state index contributed by atoms with van der Waals surface area (Å²) in [5.74, 6) is 0.220. The van der Waals surface area contributed by atoms with Gasteiger partial charge in [-0.25, -0.2) is 5.01 Å². The average molecular weight is 402 g/mol. The van der Waals surface area contributed by atoms with Crippen LogP contribution in [0.25, 0.3) is 0 Å². The van der Waals surface area contributed by atoms with E-state index in [1.807, 2.05) is 29.6 Å². The molecule has 8 heteroatoms. The number of rotatable bonds is 8. The van der Waals surface area contributed by atoms with Gasteiger partial charge >= 0.3 is 5.97 Å². The third kappa shape index (κ3) is 4.33. The summed E-state index contributed by atoms with van der Waals surface area (Å²) < 4.78 is 10.7. The van der Waals surface area contributed by atoms with E-state index in [1.165, 1.54) is 5.01 Å². The third-order valence-electron chi connectivity index (χ3n) is 4.54. The van der Waals surface area contributed by atoms with E-state index in [9.17, 15) is 9.59 Å². The van der Waals surface area contributed by atoms with Crippen molar-refractivity contribution in [1.82, 2.24) is 5.01 Å². The molecule has 1 aromatic carbocycles. The summed E-state index contributed by atoms with van der Waals surface area (Å²) in [6.07, 6.45) is 0.962. The van der Waals surface area contributed by atoms with Gasteiger partial charge in [-0.15, -0.1) is 11.3 Å². The maximum Gasteiger partial charge on any atom is 0.303 e. The molecule has 1 N–H and O–H groups in total. The Morgan fingerprint density at radius 3 is 2.71 bits per heavy atom. The van der Waals surface area contributed by atoms with Crippen LogP contribution in [-0.4, -0.2) is 41.9 Å². The van der Waals surface area contributed by atoms with Gasteiger partial charge in [0.2, 0.25) is 5.91 Å². The lowest BCUT2D eigenvalue weighted by molar-refractivity contribution is -0.137. The quantitative estimate of drug-likeness (QED) is 0.727. The lowest BCUT2D eigenvalue weighted by Gasteiger charge is -2.20. The summed E-state index contributed by atoms with van der Waals surface area (Å²) in [6, 6.07) is 9.22. The summed E-state index contributed by atoms with van der Waals surface area (Å²) in [5, 5.41) is 16.9. The van der Waals surface area contributed by atoms with Crippen molar-refractivity contribution in [2.45, 2.75) is 31.7 Å². The van der Waals surface area contributed by atoms with Crippen LogP contribution in [0, 0.1) is 0 Å². The minimum atomic E-state index is -0.906. The number of ether oxygens (including phenoxy) is 2. The smallest absolute Gasteiger partial charge is 0.303 e. The van der Waals surface area contributed by atoms with Crippen LogP contribution in [0.4, 0.5) is 0 Å². The second-order valence-electron chi connectivity index (χ2n) is 6.33. The van der Waals surface area contributed by atoms with E-state index in [1.54, 1.807) is 31.6 Å². The summed E-state index contributed by atoms with van der Waals surface area (Å²) in [7, 11) is 3.17. The molecule has 2 heterocycles. The molecule has 0 aliphatic carbocycles. The van der Waals surface area contributed by atoms with Crippen LogP contribution in [-0.2, 0) is 9.59 Å². The van der Waals surface area contributed by atoms with E-state index >= 15 is 0 Å². The van der Waals surface area contributed by atoms with Gasteiger partial charge in [0.1, 0.15) is 11.5 Å². The van der Waals surface area contributed by atoms with Gasteiger partial charge in [-0.3, -0.25) is 9.59 Å². The van der Waals surface area contributed by atoms with Crippen LogP contribution in [0.3, 0.4) is 0 Å². The highest BCUT2D eigenvalue weighted by atomic mass is 32.1. The van der Waals surface area contributed by atoms with Crippen molar-refractivity contribution in [2.24, 2.45) is 5.10 Å². The number of benzene rings is 1. The Bertz CT molecular complexity index is 879. The highest BCUT2D eigenvalue weighted by Gasteiger charge is 2.34. The molecule has 1 amide bonds. The zero-order valence-corrected chi connectivity index (χ0v) is 16.6. The molecule has 3 rings (SSSR count). The molecule has 0 radical (unpaired) electrons. The van der Waals surface area contributed by atoms with Crippen molar-refractivity contribution in [1.29, 1.82) is 0 Å². The first kappa shape index (κ1) is 19.9. The van der Waals surface area contributed by atoms with Gasteiger partial charge in [-0.05, 0) is 30.0 Å². The van der Waals surface area contributed by atoms with Crippen molar-refractivity contribution in [3.8, 4) is 11.5 Å². The Morgan fingerprint density at radius 2 is 2.07 bits per heavy atom. The van der Waals surface area contributed by atoms with E-state index in [2.05, 4.69) is 5.10 Å². The highest BCUT2D eigenvalue weighted by molar-refractivity contribution is 7.10. The minimum absolute atomic E-state index is 0.0356. The van der Waals surface area contributed by atoms with Crippen LogP contribution < -0.4 is 9.47 Å². The first-order chi connectivity index (χ1) is 13.5. The molecule has 0 saturated carbocycles. The molecule has 1 aliphatic heterocycles. The number of hydrazone groups is 1. The number of carbonyl (C=O) groups excluding carboxylic acids is 1. The zero-order chi connectivity index (χ0) is 20.1. The Hall–Kier alpha value is -2.87. The van der Waals surface area contributed by atoms with Crippen LogP contribution >= 0.6 is 11.3 Å². The third-order valence-corrected chi connectivity index (χ3v) is 5.51. The van der Waals surface area contributed by atoms with Crippen LogP contribution in [0.1, 0.15) is 42.2 Å². The maximum atomic E-state index is 12.7. The number of carbonyl (C=O) groups is 2. The lowest BCUT2D eigenvalue weighted by atomic mass is 10.0. The van der Waals surface area contributed by atoms with Crippen molar-refractivity contribution in [3.05, 3.63) is 46.2 Å². The molecule has 1 aromatic heterocycles. The van der Waals surface area contributed by atoms with Crippen molar-refractivity contribution in [2.75, 3.05) is 14.2 Å². The lowest BCUT2D eigenvalue weighted by Crippen LogP contribution is -2.26. The molecular weight excluding hydrogens is 380 g/mol. The second-order valence-corrected chi connectivity index (χ2v) is 7.31. The van der Waals surface area contributed by atoms with Crippen LogP contribution in [0.5, 0.6) is 11.5 Å². The van der Waals surface area contributed by atoms with Crippen molar-refractivity contribution < 1.29 is 24.2 Å². The number of carboxylic acid groups (broad SMARTS) is 1. The van der Waals surface area contributed by atoms with Gasteiger partial charge in [0, 0.05) is 35.8 Å². The molecular formula is C20H22N2O5S. The Morgan fingerprint density at radius 1 is 1.25 bits per heavy atom. The standard InChI is InChI=1S/C20H22N2O5S/c1-26-13-8-9-14(17(11-13)27-2)15-12-16(18-5-4-10-28-18)22(21-15)19(23)6-3-7-20(24)25/h4-5,8-11,16H,3,6-7,12H2,1-2H3,(H,24,25)/t16-/m1/s1. The van der Waals surface area contributed by atoms with Gasteiger partial charge < -0.3 is 14.6 Å². The van der Waals surface area contributed by atoms with E-state index in [0.29, 0.717) is 24.3 Å². The number of nitrogens with zero attached hydrogens (tertiary/aromatic N) is 2. The molecule has 0 fully saturated rings. The molecule has 2 aromatic rings. The molecule has 0 unspecified atom stereocenters. The predicted molar refractivity (Wildman–Crippen MR) is 106 cm³/mol. The van der Waals surface area contributed by atoms with Gasteiger partial charge in [-0.2, -0.15) is 5.10 Å². The molecule has 0 bridgehead atoms. The summed E-state index contributed by atoms with van der Waals surface area (Å²) in [6.45, 7) is 0. The summed E-state index contributed by atoms with van der Waals surface area (Å²) in [5.41, 5.74) is 1.56. The number of hydrogen-bond donors (Lipinski definition) is 1. The number of hydrogen-bond acceptors (Lipinski definition) is 6. The number of thiophene rings is 1. The van der Waals surface area contributed by atoms with E-state index < -0.39 is 5.97 Å². The number of amides is 1.